The van der Waals surface area contributed by atoms with Gasteiger partial charge in [0.1, 0.15) is 0 Å². The fourth-order valence-corrected chi connectivity index (χ4v) is 0.886. The molecular weight excluding hydrogens is 128 g/mol. The molecule has 54 valence electrons. The minimum atomic E-state index is -0.830. The number of hydrogen-bond acceptors (Lipinski definition) is 1. The van der Waals surface area contributed by atoms with Gasteiger partial charge in [0.15, 0.2) is 0 Å². The van der Waals surface area contributed by atoms with Crippen LogP contribution < -0.4 is 0 Å². The summed E-state index contributed by atoms with van der Waals surface area (Å²) < 4.78 is 0. The number of carboxylic acids is 1. The standard InChI is InChI=1S/C8H10O2/c1-6-2-4-7(5-3-6)8(9)10/h2,4-6H,3H2,1H3,(H,9,10)/t6-/m1/s1. The Morgan fingerprint density at radius 3 is 2.90 bits per heavy atom. The summed E-state index contributed by atoms with van der Waals surface area (Å²) in [6.07, 6.45) is 6.19. The lowest BCUT2D eigenvalue weighted by Gasteiger charge is -2.07. The van der Waals surface area contributed by atoms with Gasteiger partial charge in [-0.2, -0.15) is 0 Å². The van der Waals surface area contributed by atoms with Gasteiger partial charge in [-0.3, -0.25) is 0 Å². The number of rotatable bonds is 1. The molecule has 0 aromatic heterocycles. The summed E-state index contributed by atoms with van der Waals surface area (Å²) in [5.41, 5.74) is 0.415. The highest BCUT2D eigenvalue weighted by molar-refractivity contribution is 5.90. The molecule has 2 nitrogen and oxygen atoms in total. The minimum absolute atomic E-state index is 0.415. The van der Waals surface area contributed by atoms with Crippen molar-refractivity contribution in [3.8, 4) is 0 Å². The Kier molecular flexibility index (Phi) is 1.90. The van der Waals surface area contributed by atoms with Crippen LogP contribution in [0.2, 0.25) is 0 Å². The molecule has 1 aliphatic rings. The van der Waals surface area contributed by atoms with Crippen LogP contribution >= 0.6 is 0 Å². The number of allylic oxidation sites excluding steroid dienone is 2. The first-order valence-corrected chi connectivity index (χ1v) is 3.32. The Balaban J connectivity index is 2.67. The van der Waals surface area contributed by atoms with E-state index in [1.165, 1.54) is 0 Å². The molecule has 1 rings (SSSR count). The maximum Gasteiger partial charge on any atom is 0.335 e. The first kappa shape index (κ1) is 7.06. The van der Waals surface area contributed by atoms with E-state index in [2.05, 4.69) is 6.92 Å². The molecule has 0 radical (unpaired) electrons. The number of carboxylic acid groups (broad SMARTS) is 1. The lowest BCUT2D eigenvalue weighted by Crippen LogP contribution is -2.02. The molecule has 0 bridgehead atoms. The van der Waals surface area contributed by atoms with E-state index in [0.717, 1.165) is 6.42 Å². The molecule has 0 aromatic rings. The molecule has 0 aromatic carbocycles. The lowest BCUT2D eigenvalue weighted by atomic mass is 9.99. The first-order valence-electron chi connectivity index (χ1n) is 3.32. The van der Waals surface area contributed by atoms with Gasteiger partial charge in [-0.15, -0.1) is 0 Å². The highest BCUT2D eigenvalue weighted by Crippen LogP contribution is 2.14. The van der Waals surface area contributed by atoms with Gasteiger partial charge in [-0.05, 0) is 12.3 Å². The van der Waals surface area contributed by atoms with Crippen molar-refractivity contribution in [2.24, 2.45) is 5.92 Å². The van der Waals surface area contributed by atoms with Crippen LogP contribution in [-0.4, -0.2) is 11.1 Å². The average molecular weight is 138 g/mol. The number of carbonyl (C=O) groups is 1. The topological polar surface area (TPSA) is 37.3 Å². The van der Waals surface area contributed by atoms with Crippen molar-refractivity contribution >= 4 is 5.97 Å². The second-order valence-corrected chi connectivity index (χ2v) is 2.54. The van der Waals surface area contributed by atoms with Gasteiger partial charge < -0.3 is 5.11 Å². The molecule has 2 heteroatoms. The van der Waals surface area contributed by atoms with E-state index in [-0.39, 0.29) is 0 Å². The van der Waals surface area contributed by atoms with Crippen LogP contribution in [0.3, 0.4) is 0 Å². The lowest BCUT2D eigenvalue weighted by molar-refractivity contribution is -0.132. The van der Waals surface area contributed by atoms with Crippen molar-refractivity contribution < 1.29 is 9.90 Å². The molecule has 0 spiro atoms. The Labute approximate surface area is 59.9 Å². The van der Waals surface area contributed by atoms with E-state index in [1.54, 1.807) is 12.2 Å². The summed E-state index contributed by atoms with van der Waals surface area (Å²) in [5, 5.41) is 8.50. The van der Waals surface area contributed by atoms with Crippen molar-refractivity contribution in [3.63, 3.8) is 0 Å². The molecule has 0 amide bonds. The van der Waals surface area contributed by atoms with Gasteiger partial charge in [0.05, 0.1) is 5.57 Å². The Hall–Kier alpha value is -1.05. The molecule has 1 aliphatic carbocycles. The molecule has 10 heavy (non-hydrogen) atoms. The fraction of sp³-hybridized carbons (Fsp3) is 0.375. The third kappa shape index (κ3) is 1.47. The SMILES string of the molecule is C[C@@H]1C=CC(C(=O)O)=CC1. The van der Waals surface area contributed by atoms with Gasteiger partial charge in [0, 0.05) is 0 Å². The smallest absolute Gasteiger partial charge is 0.335 e. The van der Waals surface area contributed by atoms with Gasteiger partial charge in [0.25, 0.3) is 0 Å². The van der Waals surface area contributed by atoms with E-state index in [0.29, 0.717) is 11.5 Å². The van der Waals surface area contributed by atoms with Crippen LogP contribution in [0.15, 0.2) is 23.8 Å². The third-order valence-electron chi connectivity index (χ3n) is 1.56. The zero-order chi connectivity index (χ0) is 7.56. The quantitative estimate of drug-likeness (QED) is 0.597. The van der Waals surface area contributed by atoms with Gasteiger partial charge in [0.2, 0.25) is 0 Å². The maximum absolute atomic E-state index is 10.3. The molecule has 1 N–H and O–H groups in total. The average Bonchev–Trinajstić information content (AvgIpc) is 1.88. The Bertz CT molecular complexity index is 201. The molecule has 0 saturated heterocycles. The van der Waals surface area contributed by atoms with Crippen molar-refractivity contribution in [2.45, 2.75) is 13.3 Å². The van der Waals surface area contributed by atoms with E-state index in [9.17, 15) is 4.79 Å². The molecule has 0 aliphatic heterocycles. The zero-order valence-electron chi connectivity index (χ0n) is 5.87. The second kappa shape index (κ2) is 2.69. The Morgan fingerprint density at radius 2 is 2.50 bits per heavy atom. The van der Waals surface area contributed by atoms with E-state index in [1.807, 2.05) is 6.08 Å². The number of hydrogen-bond donors (Lipinski definition) is 1. The molecule has 1 atom stereocenters. The summed E-state index contributed by atoms with van der Waals surface area (Å²) >= 11 is 0. The van der Waals surface area contributed by atoms with E-state index >= 15 is 0 Å². The van der Waals surface area contributed by atoms with Crippen LogP contribution in [0.4, 0.5) is 0 Å². The van der Waals surface area contributed by atoms with E-state index in [4.69, 9.17) is 5.11 Å². The van der Waals surface area contributed by atoms with Crippen molar-refractivity contribution in [2.75, 3.05) is 0 Å². The van der Waals surface area contributed by atoms with Crippen LogP contribution in [0.1, 0.15) is 13.3 Å². The monoisotopic (exact) mass is 138 g/mol. The Morgan fingerprint density at radius 1 is 1.80 bits per heavy atom. The van der Waals surface area contributed by atoms with Crippen molar-refractivity contribution in [1.29, 1.82) is 0 Å². The summed E-state index contributed by atoms with van der Waals surface area (Å²) in [5.74, 6) is -0.341. The zero-order valence-corrected chi connectivity index (χ0v) is 5.87. The van der Waals surface area contributed by atoms with Gasteiger partial charge in [-0.1, -0.05) is 25.2 Å². The van der Waals surface area contributed by atoms with Crippen LogP contribution in [0, 0.1) is 5.92 Å². The van der Waals surface area contributed by atoms with Crippen molar-refractivity contribution in [1.82, 2.24) is 0 Å². The summed E-state index contributed by atoms with van der Waals surface area (Å²) in [7, 11) is 0. The summed E-state index contributed by atoms with van der Waals surface area (Å²) in [4.78, 5) is 10.3. The highest BCUT2D eigenvalue weighted by Gasteiger charge is 2.07. The highest BCUT2D eigenvalue weighted by atomic mass is 16.4. The summed E-state index contributed by atoms with van der Waals surface area (Å²) in [6.45, 7) is 2.06. The minimum Gasteiger partial charge on any atom is -0.478 e. The second-order valence-electron chi connectivity index (χ2n) is 2.54. The molecular formula is C8H10O2. The van der Waals surface area contributed by atoms with Gasteiger partial charge in [-0.25, -0.2) is 4.79 Å². The predicted molar refractivity (Wildman–Crippen MR) is 38.6 cm³/mol. The van der Waals surface area contributed by atoms with E-state index < -0.39 is 5.97 Å². The number of aliphatic carboxylic acids is 1. The predicted octanol–water partition coefficient (Wildman–Crippen LogP) is 1.59. The largest absolute Gasteiger partial charge is 0.478 e. The van der Waals surface area contributed by atoms with Crippen LogP contribution in [-0.2, 0) is 4.79 Å². The molecule has 0 unspecified atom stereocenters. The molecule has 0 saturated carbocycles. The maximum atomic E-state index is 10.3. The van der Waals surface area contributed by atoms with Crippen LogP contribution in [0.25, 0.3) is 0 Å². The van der Waals surface area contributed by atoms with Crippen molar-refractivity contribution in [3.05, 3.63) is 23.8 Å². The molecule has 0 fully saturated rings. The van der Waals surface area contributed by atoms with Crippen LogP contribution in [0.5, 0.6) is 0 Å². The molecule has 0 heterocycles. The third-order valence-corrected chi connectivity index (χ3v) is 1.56. The normalized spacial score (nSPS) is 24.1. The fourth-order valence-electron chi connectivity index (χ4n) is 0.886. The first-order chi connectivity index (χ1) is 4.70. The summed E-state index contributed by atoms with van der Waals surface area (Å²) in [6, 6.07) is 0. The van der Waals surface area contributed by atoms with Gasteiger partial charge >= 0.3 is 5.97 Å².